The Kier molecular flexibility index (Phi) is 6.26. The van der Waals surface area contributed by atoms with Crippen molar-refractivity contribution in [3.63, 3.8) is 0 Å². The van der Waals surface area contributed by atoms with E-state index in [1.54, 1.807) is 54.6 Å². The van der Waals surface area contributed by atoms with Gasteiger partial charge in [-0.25, -0.2) is 0 Å². The summed E-state index contributed by atoms with van der Waals surface area (Å²) in [4.78, 5) is 43.3. The summed E-state index contributed by atoms with van der Waals surface area (Å²) in [7, 11) is 1.47. The van der Waals surface area contributed by atoms with Crippen LogP contribution in [0.1, 0.15) is 18.1 Å². The standard InChI is InChI=1S/C26H26N2O6/c1-4-15-34-18-12-10-17(11-13-18)22(29)21-23(30)24(31)28(14-16-33-3)26(21)19-8-6-7-9-20(19)27(5-2)25(26)32/h4,6-13,29H,1,5,14-16H2,2-3H3/t26-/m0/s1. The Morgan fingerprint density at radius 1 is 1.12 bits per heavy atom. The molecule has 2 aliphatic rings. The van der Waals surface area contributed by atoms with Crippen molar-refractivity contribution in [2.24, 2.45) is 0 Å². The van der Waals surface area contributed by atoms with E-state index in [1.165, 1.54) is 16.9 Å². The Hall–Kier alpha value is -3.91. The van der Waals surface area contributed by atoms with E-state index in [-0.39, 0.29) is 24.3 Å². The number of hydrogen-bond donors (Lipinski definition) is 1. The molecule has 0 aliphatic carbocycles. The lowest BCUT2D eigenvalue weighted by molar-refractivity contribution is -0.144. The number of fused-ring (bicyclic) bond motifs is 2. The molecule has 0 aromatic heterocycles. The number of anilines is 1. The molecule has 34 heavy (non-hydrogen) atoms. The SMILES string of the molecule is C=CCOc1ccc(C(O)=C2C(=O)C(=O)N(CCOC)[C@]23C(=O)N(CC)c2ccccc23)cc1. The van der Waals surface area contributed by atoms with E-state index in [0.717, 1.165) is 0 Å². The molecule has 8 heteroatoms. The molecule has 0 radical (unpaired) electrons. The highest BCUT2D eigenvalue weighted by Crippen LogP contribution is 2.53. The maximum atomic E-state index is 14.0. The van der Waals surface area contributed by atoms with Crippen LogP contribution in [0.2, 0.25) is 0 Å². The van der Waals surface area contributed by atoms with Crippen LogP contribution in [0.5, 0.6) is 5.75 Å². The van der Waals surface area contributed by atoms with E-state index in [2.05, 4.69) is 6.58 Å². The summed E-state index contributed by atoms with van der Waals surface area (Å²) in [6, 6.07) is 13.4. The van der Waals surface area contributed by atoms with Gasteiger partial charge in [0.2, 0.25) is 0 Å². The van der Waals surface area contributed by atoms with Gasteiger partial charge in [-0.1, -0.05) is 30.9 Å². The third-order valence-electron chi connectivity index (χ3n) is 6.14. The van der Waals surface area contributed by atoms with Crippen molar-refractivity contribution in [3.05, 3.63) is 77.9 Å². The molecule has 0 bridgehead atoms. The molecule has 1 atom stereocenters. The lowest BCUT2D eigenvalue weighted by Gasteiger charge is -2.34. The molecule has 1 N–H and O–H groups in total. The fourth-order valence-electron chi connectivity index (χ4n) is 4.67. The summed E-state index contributed by atoms with van der Waals surface area (Å²) >= 11 is 0. The minimum Gasteiger partial charge on any atom is -0.507 e. The zero-order valence-electron chi connectivity index (χ0n) is 19.1. The number of likely N-dealkylation sites (tertiary alicyclic amines) is 1. The van der Waals surface area contributed by atoms with Crippen molar-refractivity contribution < 1.29 is 29.0 Å². The smallest absolute Gasteiger partial charge is 0.296 e. The van der Waals surface area contributed by atoms with E-state index in [4.69, 9.17) is 9.47 Å². The number of methoxy groups -OCH3 is 1. The quantitative estimate of drug-likeness (QED) is 0.281. The predicted molar refractivity (Wildman–Crippen MR) is 126 cm³/mol. The van der Waals surface area contributed by atoms with Crippen LogP contribution in [0, 0.1) is 0 Å². The van der Waals surface area contributed by atoms with Crippen LogP contribution < -0.4 is 9.64 Å². The van der Waals surface area contributed by atoms with Gasteiger partial charge in [-0.15, -0.1) is 0 Å². The zero-order chi connectivity index (χ0) is 24.5. The molecule has 2 amide bonds. The Morgan fingerprint density at radius 3 is 2.47 bits per heavy atom. The van der Waals surface area contributed by atoms with E-state index in [1.807, 2.05) is 6.92 Å². The summed E-state index contributed by atoms with van der Waals surface area (Å²) in [5.74, 6) is -2.10. The average molecular weight is 463 g/mol. The Balaban J connectivity index is 1.96. The third-order valence-corrected chi connectivity index (χ3v) is 6.14. The first-order chi connectivity index (χ1) is 16.4. The fourth-order valence-corrected chi connectivity index (χ4v) is 4.67. The number of benzene rings is 2. The molecule has 1 spiro atoms. The van der Waals surface area contributed by atoms with Crippen LogP contribution in [0.4, 0.5) is 5.69 Å². The molecular formula is C26H26N2O6. The summed E-state index contributed by atoms with van der Waals surface area (Å²) in [5, 5.41) is 11.4. The molecule has 2 aliphatic heterocycles. The summed E-state index contributed by atoms with van der Waals surface area (Å²) in [6.45, 7) is 6.19. The summed E-state index contributed by atoms with van der Waals surface area (Å²) in [6.07, 6.45) is 1.61. The van der Waals surface area contributed by atoms with Crippen molar-refractivity contribution in [1.29, 1.82) is 0 Å². The van der Waals surface area contributed by atoms with Gasteiger partial charge in [0.05, 0.1) is 17.9 Å². The molecule has 2 aromatic carbocycles. The van der Waals surface area contributed by atoms with Gasteiger partial charge >= 0.3 is 0 Å². The second-order valence-corrected chi connectivity index (χ2v) is 7.90. The molecular weight excluding hydrogens is 436 g/mol. The molecule has 8 nitrogen and oxygen atoms in total. The molecule has 1 fully saturated rings. The maximum Gasteiger partial charge on any atom is 0.296 e. The van der Waals surface area contributed by atoms with Crippen molar-refractivity contribution in [1.82, 2.24) is 4.90 Å². The number of Topliss-reactive ketones (excluding diaryl/α,β-unsaturated/α-hetero) is 1. The highest BCUT2D eigenvalue weighted by atomic mass is 16.5. The Labute approximate surface area is 197 Å². The number of likely N-dealkylation sites (N-methyl/N-ethyl adjacent to an activating group) is 1. The van der Waals surface area contributed by atoms with Crippen LogP contribution in [0.3, 0.4) is 0 Å². The number of carbonyl (C=O) groups is 3. The number of ether oxygens (including phenoxy) is 2. The van der Waals surface area contributed by atoms with Gasteiger partial charge in [0.15, 0.2) is 5.54 Å². The third kappa shape index (κ3) is 3.30. The van der Waals surface area contributed by atoms with Gasteiger partial charge in [0.25, 0.3) is 17.6 Å². The highest BCUT2D eigenvalue weighted by molar-refractivity contribution is 6.50. The Bertz CT molecular complexity index is 1190. The van der Waals surface area contributed by atoms with Crippen LogP contribution in [-0.4, -0.2) is 61.0 Å². The predicted octanol–water partition coefficient (Wildman–Crippen LogP) is 2.84. The summed E-state index contributed by atoms with van der Waals surface area (Å²) < 4.78 is 10.6. The van der Waals surface area contributed by atoms with Crippen molar-refractivity contribution in [2.45, 2.75) is 12.5 Å². The normalized spacial score (nSPS) is 20.8. The molecule has 1 saturated heterocycles. The van der Waals surface area contributed by atoms with Gasteiger partial charge in [-0.05, 0) is 37.3 Å². The monoisotopic (exact) mass is 462 g/mol. The number of carbonyl (C=O) groups excluding carboxylic acids is 3. The van der Waals surface area contributed by atoms with E-state index in [9.17, 15) is 19.5 Å². The first kappa shape index (κ1) is 23.3. The highest BCUT2D eigenvalue weighted by Gasteiger charge is 2.66. The lowest BCUT2D eigenvalue weighted by atomic mass is 9.82. The van der Waals surface area contributed by atoms with Crippen LogP contribution >= 0.6 is 0 Å². The van der Waals surface area contributed by atoms with Crippen molar-refractivity contribution in [3.8, 4) is 5.75 Å². The van der Waals surface area contributed by atoms with Crippen molar-refractivity contribution in [2.75, 3.05) is 38.3 Å². The van der Waals surface area contributed by atoms with E-state index < -0.39 is 28.9 Å². The molecule has 0 unspecified atom stereocenters. The van der Waals surface area contributed by atoms with E-state index in [0.29, 0.717) is 30.2 Å². The molecule has 0 saturated carbocycles. The minimum absolute atomic E-state index is 0.00378. The fraction of sp³-hybridized carbons (Fsp3) is 0.269. The van der Waals surface area contributed by atoms with Gasteiger partial charge in [0, 0.05) is 31.3 Å². The lowest BCUT2D eigenvalue weighted by Crippen LogP contribution is -2.52. The van der Waals surface area contributed by atoms with Gasteiger partial charge in [-0.2, -0.15) is 0 Å². The van der Waals surface area contributed by atoms with Crippen LogP contribution in [0.15, 0.2) is 66.8 Å². The Morgan fingerprint density at radius 2 is 1.82 bits per heavy atom. The number of aliphatic hydroxyl groups is 1. The first-order valence-corrected chi connectivity index (χ1v) is 11.0. The van der Waals surface area contributed by atoms with Gasteiger partial charge < -0.3 is 24.4 Å². The second-order valence-electron chi connectivity index (χ2n) is 7.90. The number of ketones is 1. The number of amides is 2. The molecule has 2 aromatic rings. The zero-order valence-corrected chi connectivity index (χ0v) is 19.1. The number of para-hydroxylation sites is 1. The average Bonchev–Trinajstić information content (AvgIpc) is 3.24. The number of nitrogens with zero attached hydrogens (tertiary/aromatic N) is 2. The van der Waals surface area contributed by atoms with Gasteiger partial charge in [0.1, 0.15) is 18.1 Å². The van der Waals surface area contributed by atoms with Crippen molar-refractivity contribution >= 4 is 29.0 Å². The summed E-state index contributed by atoms with van der Waals surface area (Å²) in [5.41, 5.74) is -0.665. The van der Waals surface area contributed by atoms with Gasteiger partial charge in [-0.3, -0.25) is 14.4 Å². The topological polar surface area (TPSA) is 96.4 Å². The largest absolute Gasteiger partial charge is 0.507 e. The number of aliphatic hydroxyl groups excluding tert-OH is 1. The second kappa shape index (κ2) is 9.15. The molecule has 4 rings (SSSR count). The molecule has 176 valence electrons. The maximum absolute atomic E-state index is 14.0. The van der Waals surface area contributed by atoms with E-state index >= 15 is 0 Å². The van der Waals surface area contributed by atoms with Crippen LogP contribution in [0.25, 0.3) is 5.76 Å². The molecule has 2 heterocycles. The number of hydrogen-bond acceptors (Lipinski definition) is 6. The number of rotatable bonds is 8. The van der Waals surface area contributed by atoms with Crippen LogP contribution in [-0.2, 0) is 24.7 Å². The minimum atomic E-state index is -1.78. The first-order valence-electron chi connectivity index (χ1n) is 11.0.